The van der Waals surface area contributed by atoms with Crippen molar-refractivity contribution in [2.45, 2.75) is 154 Å². The molecule has 0 heterocycles. The molecule has 77 heavy (non-hydrogen) atoms. The maximum absolute atomic E-state index is 4.23. The van der Waals surface area contributed by atoms with Gasteiger partial charge in [-0.05, 0) is 186 Å². The van der Waals surface area contributed by atoms with E-state index in [4.69, 9.17) is 0 Å². The highest BCUT2D eigenvalue weighted by Crippen LogP contribution is 2.62. The van der Waals surface area contributed by atoms with Crippen LogP contribution in [-0.2, 0) is 18.3 Å². The highest BCUT2D eigenvalue weighted by Gasteiger charge is 2.51. The van der Waals surface area contributed by atoms with E-state index < -0.39 is 0 Å². The Hall–Kier alpha value is -7.02. The van der Waals surface area contributed by atoms with E-state index in [1.807, 2.05) is 39.0 Å². The Morgan fingerprint density at radius 1 is 0.584 bits per heavy atom. The summed E-state index contributed by atoms with van der Waals surface area (Å²) >= 11 is 0. The van der Waals surface area contributed by atoms with Crippen molar-refractivity contribution in [2.24, 2.45) is 0 Å². The second-order valence-corrected chi connectivity index (χ2v) is 20.5. The van der Waals surface area contributed by atoms with Crippen LogP contribution in [0.15, 0.2) is 205 Å². The Kier molecular flexibility index (Phi) is 23.8. The normalized spacial score (nSPS) is 15.5. The van der Waals surface area contributed by atoms with Crippen LogP contribution in [0.1, 0.15) is 169 Å². The third-order valence-electron chi connectivity index (χ3n) is 14.7. The average Bonchev–Trinajstić information content (AvgIpc) is 3.93. The lowest BCUT2D eigenvalue weighted by Gasteiger charge is -2.32. The summed E-state index contributed by atoms with van der Waals surface area (Å²) < 4.78 is 0. The lowest BCUT2D eigenvalue weighted by Crippen LogP contribution is -2.27. The van der Waals surface area contributed by atoms with Gasteiger partial charge in [0.25, 0.3) is 0 Å². The van der Waals surface area contributed by atoms with E-state index in [2.05, 4.69) is 253 Å². The highest BCUT2D eigenvalue weighted by molar-refractivity contribution is 6.00. The summed E-state index contributed by atoms with van der Waals surface area (Å²) in [6, 6.07) is 38.0. The molecule has 1 unspecified atom stereocenters. The number of hydrogen-bond donors (Lipinski definition) is 0. The Balaban J connectivity index is 0.000000200. The molecule has 400 valence electrons. The van der Waals surface area contributed by atoms with Gasteiger partial charge in [-0.2, -0.15) is 0 Å². The lowest BCUT2D eigenvalue weighted by atomic mass is 9.68. The number of rotatable bonds is 9. The predicted molar refractivity (Wildman–Crippen MR) is 347 cm³/mol. The fraction of sp³-hybridized carbons (Fsp3) is 0.299. The zero-order valence-corrected chi connectivity index (χ0v) is 49.9. The number of allylic oxidation sites excluding steroid dienone is 15. The molecule has 0 saturated carbocycles. The molecular weight excluding hydrogens is 925 g/mol. The lowest BCUT2D eigenvalue weighted by molar-refractivity contribution is 0.776. The molecule has 0 amide bonds. The number of hydrogen-bond acceptors (Lipinski definition) is 0. The molecule has 4 aliphatic carbocycles. The Morgan fingerprint density at radius 2 is 1.19 bits per heavy atom. The van der Waals surface area contributed by atoms with Gasteiger partial charge in [0.2, 0.25) is 0 Å². The van der Waals surface area contributed by atoms with Crippen molar-refractivity contribution in [3.63, 3.8) is 0 Å². The van der Waals surface area contributed by atoms with E-state index >= 15 is 0 Å². The van der Waals surface area contributed by atoms with Crippen molar-refractivity contribution in [1.29, 1.82) is 0 Å². The molecular formula is C77H92. The van der Waals surface area contributed by atoms with Crippen LogP contribution in [0.3, 0.4) is 0 Å². The van der Waals surface area contributed by atoms with Gasteiger partial charge in [0.05, 0.1) is 5.41 Å². The molecule has 10 rings (SSSR count). The summed E-state index contributed by atoms with van der Waals surface area (Å²) in [6.45, 7) is 38.1. The summed E-state index contributed by atoms with van der Waals surface area (Å²) in [7, 11) is 0. The van der Waals surface area contributed by atoms with Crippen LogP contribution < -0.4 is 0 Å². The first kappa shape index (κ1) is 60.8. The van der Waals surface area contributed by atoms with Crippen molar-refractivity contribution in [3.8, 4) is 22.3 Å². The second-order valence-electron chi connectivity index (χ2n) is 20.5. The molecule has 0 N–H and O–H groups in total. The number of unbranched alkanes of at least 4 members (excludes halogenated alkanes) is 1. The zero-order valence-electron chi connectivity index (χ0n) is 49.9. The van der Waals surface area contributed by atoms with Gasteiger partial charge in [0.15, 0.2) is 0 Å². The first-order valence-electron chi connectivity index (χ1n) is 29.1. The van der Waals surface area contributed by atoms with Crippen molar-refractivity contribution in [2.75, 3.05) is 0 Å². The molecule has 6 aromatic carbocycles. The van der Waals surface area contributed by atoms with Crippen LogP contribution in [-0.4, -0.2) is 0 Å². The van der Waals surface area contributed by atoms with Crippen LogP contribution in [0, 0.1) is 27.7 Å². The van der Waals surface area contributed by atoms with Crippen molar-refractivity contribution < 1.29 is 0 Å². The standard InChI is InChI=1S/C27H26.C22H24.C19H18.C4H10.C3H8.C2H6/c1-6-12-24-20(8-3)19(7-2)23(9-4)27(24)25-14-11-10-13-21(25)22-17-18(5)15-16-26(22)27;1-5-6-7-9-17(2)15-22-16-21(13-12-19(22)4)20-11-8-10-18(3)14-20;1-13-10-11-18-16-8-3-2-6-14(16)15-7-4-5-9-17(15)19(18)12-13;1-3-4-2;1-3-2;1-2/h6-7,9-17H,2,4,8H2,1,3,5H3;5-16H,1-4H3;3,5,8-12H,2,4,6-7H2,1H3;3-4H2,1-2H3;3H2,1-2H3;1-2H3/b12-6-;6-5-,9-7-,17-15+;;;;. The van der Waals surface area contributed by atoms with Gasteiger partial charge >= 0.3 is 0 Å². The molecule has 0 aromatic heterocycles. The van der Waals surface area contributed by atoms with Gasteiger partial charge in [-0.3, -0.25) is 0 Å². The predicted octanol–water partition coefficient (Wildman–Crippen LogP) is 23.0. The van der Waals surface area contributed by atoms with Gasteiger partial charge in [-0.1, -0.05) is 279 Å². The van der Waals surface area contributed by atoms with Crippen LogP contribution in [0.2, 0.25) is 0 Å². The van der Waals surface area contributed by atoms with Crippen molar-refractivity contribution in [3.05, 3.63) is 266 Å². The number of aryl methyl sites for hydroxylation is 4. The fourth-order valence-corrected chi connectivity index (χ4v) is 11.1. The van der Waals surface area contributed by atoms with Crippen LogP contribution in [0.5, 0.6) is 0 Å². The molecule has 0 radical (unpaired) electrons. The molecule has 1 atom stereocenters. The van der Waals surface area contributed by atoms with Crippen LogP contribution in [0.25, 0.3) is 51.3 Å². The maximum Gasteiger partial charge on any atom is 0.0721 e. The van der Waals surface area contributed by atoms with Crippen LogP contribution in [0.4, 0.5) is 0 Å². The molecule has 0 aliphatic heterocycles. The average molecular weight is 1020 g/mol. The Bertz CT molecular complexity index is 3240. The summed E-state index contributed by atoms with van der Waals surface area (Å²) in [5.41, 5.74) is 26.8. The second kappa shape index (κ2) is 30.1. The molecule has 0 heteroatoms. The van der Waals surface area contributed by atoms with Gasteiger partial charge in [0, 0.05) is 0 Å². The first-order chi connectivity index (χ1) is 37.4. The topological polar surface area (TPSA) is 0 Å². The molecule has 0 fully saturated rings. The third kappa shape index (κ3) is 13.8. The van der Waals surface area contributed by atoms with Crippen molar-refractivity contribution >= 4 is 29.0 Å². The van der Waals surface area contributed by atoms with E-state index in [9.17, 15) is 0 Å². The Morgan fingerprint density at radius 3 is 1.81 bits per heavy atom. The third-order valence-corrected chi connectivity index (χ3v) is 14.7. The molecule has 0 bridgehead atoms. The first-order valence-corrected chi connectivity index (χ1v) is 29.1. The molecule has 6 aromatic rings. The van der Waals surface area contributed by atoms with Crippen LogP contribution >= 0.6 is 0 Å². The zero-order chi connectivity index (χ0) is 56.1. The molecule has 1 spiro atoms. The van der Waals surface area contributed by atoms with E-state index in [1.54, 1.807) is 11.1 Å². The van der Waals surface area contributed by atoms with E-state index in [1.165, 1.54) is 156 Å². The van der Waals surface area contributed by atoms with Gasteiger partial charge in [-0.25, -0.2) is 0 Å². The number of benzene rings is 6. The van der Waals surface area contributed by atoms with E-state index in [-0.39, 0.29) is 5.41 Å². The summed E-state index contributed by atoms with van der Waals surface area (Å²) in [5.74, 6) is 0. The van der Waals surface area contributed by atoms with E-state index in [0.717, 1.165) is 6.42 Å². The minimum Gasteiger partial charge on any atom is -0.0987 e. The van der Waals surface area contributed by atoms with Gasteiger partial charge in [-0.15, -0.1) is 0 Å². The molecule has 4 aliphatic rings. The monoisotopic (exact) mass is 1020 g/mol. The molecule has 0 nitrogen and oxygen atoms in total. The van der Waals surface area contributed by atoms with E-state index in [0.29, 0.717) is 0 Å². The largest absolute Gasteiger partial charge is 0.0987 e. The summed E-state index contributed by atoms with van der Waals surface area (Å²) in [5, 5.41) is 2.87. The van der Waals surface area contributed by atoms with Crippen molar-refractivity contribution in [1.82, 2.24) is 0 Å². The maximum atomic E-state index is 4.23. The number of fused-ring (bicyclic) bond motifs is 11. The highest BCUT2D eigenvalue weighted by atomic mass is 14.5. The fourth-order valence-electron chi connectivity index (χ4n) is 11.1. The molecule has 0 saturated heterocycles. The van der Waals surface area contributed by atoms with Gasteiger partial charge < -0.3 is 0 Å². The smallest absolute Gasteiger partial charge is 0.0721 e. The summed E-state index contributed by atoms with van der Waals surface area (Å²) in [4.78, 5) is 0. The minimum absolute atomic E-state index is 0.289. The summed E-state index contributed by atoms with van der Waals surface area (Å²) in [6.07, 6.45) is 38.1. The van der Waals surface area contributed by atoms with Gasteiger partial charge in [0.1, 0.15) is 0 Å². The SMILES string of the molecule is C=CC1=C(C=C)C2(C(/C=C\C)=C1CC)c1ccccc1-c1cc(C)ccc12.CC.CCC.CCCC.C\C=C/C=C\C(C)=C\c1cc(-c2cccc(C)c2)ccc1C.Cc1ccc2c3c(c4c(c2c1)C=CCC4)CCC=C3. The minimum atomic E-state index is -0.289. The Labute approximate surface area is 468 Å². The quantitative estimate of drug-likeness (QED) is 0.127.